The van der Waals surface area contributed by atoms with Gasteiger partial charge in [0.15, 0.2) is 0 Å². The molecule has 2 fully saturated rings. The number of H-pyrrole nitrogens is 1. The molecule has 1 aromatic heterocycles. The van der Waals surface area contributed by atoms with Crippen molar-refractivity contribution < 1.29 is 14.4 Å². The number of imidazole rings is 1. The average Bonchev–Trinajstić information content (AvgIpc) is 3.40. The molecule has 2 aromatic carbocycles. The maximum Gasteiger partial charge on any atom is 0.243 e. The van der Waals surface area contributed by atoms with Crippen molar-refractivity contribution in [3.63, 3.8) is 0 Å². The minimum absolute atomic E-state index is 0.00495. The van der Waals surface area contributed by atoms with Crippen LogP contribution in [0.4, 0.5) is 0 Å². The molecule has 0 spiro atoms. The van der Waals surface area contributed by atoms with E-state index in [2.05, 4.69) is 32.7 Å². The zero-order chi connectivity index (χ0) is 27.2. The normalized spacial score (nSPS) is 18.4. The third kappa shape index (κ3) is 7.13. The first-order chi connectivity index (χ1) is 19.0. The number of nitrogens with zero attached hydrogens (tertiary/aromatic N) is 2. The van der Waals surface area contributed by atoms with E-state index in [-0.39, 0.29) is 30.2 Å². The van der Waals surface area contributed by atoms with Crippen LogP contribution in [0.3, 0.4) is 0 Å². The Hall–Kier alpha value is -3.94. The molecule has 1 aliphatic heterocycles. The Labute approximate surface area is 229 Å². The number of hydrogen-bond donors (Lipinski definition) is 3. The lowest BCUT2D eigenvalue weighted by molar-refractivity contribution is -0.137. The molecule has 0 radical (unpaired) electrons. The van der Waals surface area contributed by atoms with Crippen LogP contribution in [-0.2, 0) is 20.8 Å². The third-order valence-corrected chi connectivity index (χ3v) is 7.61. The monoisotopic (exact) mass is 527 g/mol. The number of aromatic nitrogens is 2. The minimum atomic E-state index is -0.943. The van der Waals surface area contributed by atoms with Crippen molar-refractivity contribution in [1.82, 2.24) is 25.5 Å². The molecule has 204 valence electrons. The summed E-state index contributed by atoms with van der Waals surface area (Å²) in [6.07, 6.45) is 6.69. The maximum absolute atomic E-state index is 13.5. The summed E-state index contributed by atoms with van der Waals surface area (Å²) in [5.41, 5.74) is 3.21. The largest absolute Gasteiger partial charge is 0.345 e. The molecule has 1 aliphatic carbocycles. The molecular weight excluding hydrogens is 490 g/mol. The number of hydrogen-bond acceptors (Lipinski definition) is 4. The number of carbonyl (C=O) groups excluding carboxylic acids is 3. The minimum Gasteiger partial charge on any atom is -0.345 e. The molecule has 5 rings (SSSR count). The first kappa shape index (κ1) is 26.7. The molecule has 39 heavy (non-hydrogen) atoms. The molecule has 8 heteroatoms. The van der Waals surface area contributed by atoms with Crippen LogP contribution in [0.25, 0.3) is 0 Å². The van der Waals surface area contributed by atoms with Gasteiger partial charge >= 0.3 is 0 Å². The summed E-state index contributed by atoms with van der Waals surface area (Å²) >= 11 is 0. The van der Waals surface area contributed by atoms with Gasteiger partial charge in [0.25, 0.3) is 0 Å². The maximum atomic E-state index is 13.5. The SMILES string of the molecule is C[C@H](NC(=O)[C@H](CC(=O)N1CCC[C@H]1c1ccccc1)NC(=O)CC1CC1)c1ncc(Cc2ccccc2)[nH]1. The van der Waals surface area contributed by atoms with E-state index >= 15 is 0 Å². The first-order valence-electron chi connectivity index (χ1n) is 14.0. The average molecular weight is 528 g/mol. The Balaban J connectivity index is 1.24. The van der Waals surface area contributed by atoms with Crippen molar-refractivity contribution in [3.8, 4) is 0 Å². The molecule has 2 aliphatic rings. The molecular formula is C31H37N5O3. The fraction of sp³-hybridized carbons (Fsp3) is 0.419. The Bertz CT molecular complexity index is 1270. The van der Waals surface area contributed by atoms with Gasteiger partial charge in [-0.15, -0.1) is 0 Å². The van der Waals surface area contributed by atoms with E-state index in [9.17, 15) is 14.4 Å². The van der Waals surface area contributed by atoms with E-state index in [1.807, 2.05) is 60.4 Å². The van der Waals surface area contributed by atoms with Gasteiger partial charge < -0.3 is 20.5 Å². The lowest BCUT2D eigenvalue weighted by Gasteiger charge is -2.27. The van der Waals surface area contributed by atoms with Crippen LogP contribution in [0.2, 0.25) is 0 Å². The molecule has 1 saturated carbocycles. The second kappa shape index (κ2) is 12.3. The van der Waals surface area contributed by atoms with E-state index in [1.54, 1.807) is 6.20 Å². The highest BCUT2D eigenvalue weighted by molar-refractivity contribution is 5.92. The highest BCUT2D eigenvalue weighted by atomic mass is 16.2. The second-order valence-corrected chi connectivity index (χ2v) is 10.8. The van der Waals surface area contributed by atoms with Crippen molar-refractivity contribution in [2.75, 3.05) is 6.54 Å². The van der Waals surface area contributed by atoms with E-state index in [0.29, 0.717) is 31.1 Å². The highest BCUT2D eigenvalue weighted by Gasteiger charge is 2.34. The van der Waals surface area contributed by atoms with Crippen LogP contribution < -0.4 is 10.6 Å². The Morgan fingerprint density at radius 3 is 2.44 bits per heavy atom. The van der Waals surface area contributed by atoms with Gasteiger partial charge in [0.2, 0.25) is 17.7 Å². The van der Waals surface area contributed by atoms with Crippen LogP contribution >= 0.6 is 0 Å². The topological polar surface area (TPSA) is 107 Å². The number of likely N-dealkylation sites (tertiary alicyclic amines) is 1. The lowest BCUT2D eigenvalue weighted by Crippen LogP contribution is -2.50. The Kier molecular flexibility index (Phi) is 8.39. The summed E-state index contributed by atoms with van der Waals surface area (Å²) in [4.78, 5) is 49.2. The lowest BCUT2D eigenvalue weighted by atomic mass is 10.0. The number of nitrogens with one attached hydrogen (secondary N) is 3. The number of aromatic amines is 1. The van der Waals surface area contributed by atoms with Gasteiger partial charge in [-0.3, -0.25) is 14.4 Å². The molecule has 2 heterocycles. The molecule has 3 amide bonds. The number of rotatable bonds is 11. The smallest absolute Gasteiger partial charge is 0.243 e. The van der Waals surface area contributed by atoms with E-state index in [4.69, 9.17) is 0 Å². The molecule has 8 nitrogen and oxygen atoms in total. The van der Waals surface area contributed by atoms with Gasteiger partial charge in [-0.25, -0.2) is 4.98 Å². The van der Waals surface area contributed by atoms with Gasteiger partial charge in [0, 0.05) is 31.3 Å². The van der Waals surface area contributed by atoms with Crippen molar-refractivity contribution in [1.29, 1.82) is 0 Å². The molecule has 1 saturated heterocycles. The van der Waals surface area contributed by atoms with Crippen LogP contribution in [0.1, 0.15) is 80.2 Å². The highest BCUT2D eigenvalue weighted by Crippen LogP contribution is 2.33. The fourth-order valence-electron chi connectivity index (χ4n) is 5.31. The third-order valence-electron chi connectivity index (χ3n) is 7.61. The molecule has 3 N–H and O–H groups in total. The van der Waals surface area contributed by atoms with Crippen molar-refractivity contribution in [3.05, 3.63) is 89.5 Å². The van der Waals surface area contributed by atoms with Crippen LogP contribution in [0.5, 0.6) is 0 Å². The van der Waals surface area contributed by atoms with E-state index < -0.39 is 12.1 Å². The standard InChI is InChI=1S/C31H37N5O3/c1-21(30-32-20-25(34-30)17-22-9-4-2-5-10-22)33-31(39)26(35-28(37)18-23-14-15-23)19-29(38)36-16-8-13-27(36)24-11-6-3-7-12-24/h2-7,9-12,20-21,23,26-27H,8,13-19H2,1H3,(H,32,34)(H,33,39)(H,35,37)/t21-,26-,27-/m0/s1. The molecule has 3 aromatic rings. The first-order valence-corrected chi connectivity index (χ1v) is 14.0. The Morgan fingerprint density at radius 2 is 1.72 bits per heavy atom. The number of benzene rings is 2. The number of amides is 3. The predicted molar refractivity (Wildman–Crippen MR) is 148 cm³/mol. The van der Waals surface area contributed by atoms with E-state index in [0.717, 1.165) is 42.5 Å². The zero-order valence-corrected chi connectivity index (χ0v) is 22.4. The van der Waals surface area contributed by atoms with Gasteiger partial charge in [-0.2, -0.15) is 0 Å². The summed E-state index contributed by atoms with van der Waals surface area (Å²) < 4.78 is 0. The molecule has 0 bridgehead atoms. The summed E-state index contributed by atoms with van der Waals surface area (Å²) in [5.74, 6) is 0.339. The predicted octanol–water partition coefficient (Wildman–Crippen LogP) is 4.22. The summed E-state index contributed by atoms with van der Waals surface area (Å²) in [6, 6.07) is 18.7. The second-order valence-electron chi connectivity index (χ2n) is 10.8. The molecule has 0 unspecified atom stereocenters. The number of carbonyl (C=O) groups is 3. The van der Waals surface area contributed by atoms with Crippen LogP contribution in [0.15, 0.2) is 66.9 Å². The van der Waals surface area contributed by atoms with Crippen LogP contribution in [-0.4, -0.2) is 45.2 Å². The van der Waals surface area contributed by atoms with E-state index in [1.165, 1.54) is 0 Å². The fourth-order valence-corrected chi connectivity index (χ4v) is 5.31. The van der Waals surface area contributed by atoms with Gasteiger partial charge in [-0.05, 0) is 49.7 Å². The zero-order valence-electron chi connectivity index (χ0n) is 22.4. The van der Waals surface area contributed by atoms with Crippen LogP contribution in [0, 0.1) is 5.92 Å². The Morgan fingerprint density at radius 1 is 1.00 bits per heavy atom. The van der Waals surface area contributed by atoms with Crippen molar-refractivity contribution >= 4 is 17.7 Å². The molecule has 3 atom stereocenters. The van der Waals surface area contributed by atoms with Gasteiger partial charge in [0.05, 0.1) is 18.5 Å². The quantitative estimate of drug-likeness (QED) is 0.347. The summed E-state index contributed by atoms with van der Waals surface area (Å²) in [6.45, 7) is 2.50. The van der Waals surface area contributed by atoms with Gasteiger partial charge in [-0.1, -0.05) is 60.7 Å². The van der Waals surface area contributed by atoms with Gasteiger partial charge in [0.1, 0.15) is 11.9 Å². The van der Waals surface area contributed by atoms with Crippen molar-refractivity contribution in [2.24, 2.45) is 5.92 Å². The summed E-state index contributed by atoms with van der Waals surface area (Å²) in [5, 5.41) is 5.83. The summed E-state index contributed by atoms with van der Waals surface area (Å²) in [7, 11) is 0. The van der Waals surface area contributed by atoms with Crippen molar-refractivity contribution in [2.45, 2.75) is 70.0 Å².